The number of amides is 2. The summed E-state index contributed by atoms with van der Waals surface area (Å²) in [6.07, 6.45) is -1.19. The molecule has 3 aromatic rings. The van der Waals surface area contributed by atoms with Crippen molar-refractivity contribution in [3.05, 3.63) is 59.0 Å². The molecule has 0 aliphatic carbocycles. The van der Waals surface area contributed by atoms with Crippen LogP contribution in [0.4, 0.5) is 11.4 Å². The maximum absolute atomic E-state index is 13.3. The van der Waals surface area contributed by atoms with Crippen LogP contribution < -0.4 is 15.9 Å². The molecular formula is C25H28N4O5. The van der Waals surface area contributed by atoms with E-state index in [1.807, 2.05) is 31.2 Å². The van der Waals surface area contributed by atoms with Crippen molar-refractivity contribution in [2.45, 2.75) is 58.8 Å². The summed E-state index contributed by atoms with van der Waals surface area (Å²) in [4.78, 5) is 52.7. The van der Waals surface area contributed by atoms with Crippen molar-refractivity contribution in [3.8, 4) is 0 Å². The van der Waals surface area contributed by atoms with E-state index in [4.69, 9.17) is 4.74 Å². The summed E-state index contributed by atoms with van der Waals surface area (Å²) >= 11 is 0. The van der Waals surface area contributed by atoms with E-state index < -0.39 is 23.5 Å². The second-order valence-electron chi connectivity index (χ2n) is 8.75. The molecular weight excluding hydrogens is 436 g/mol. The van der Waals surface area contributed by atoms with Crippen molar-refractivity contribution in [3.63, 3.8) is 0 Å². The molecule has 1 aliphatic rings. The molecule has 2 amide bonds. The van der Waals surface area contributed by atoms with Crippen LogP contribution in [0.2, 0.25) is 0 Å². The van der Waals surface area contributed by atoms with Gasteiger partial charge in [-0.3, -0.25) is 28.4 Å². The van der Waals surface area contributed by atoms with Gasteiger partial charge in [0.15, 0.2) is 6.10 Å². The summed E-state index contributed by atoms with van der Waals surface area (Å²) < 4.78 is 8.62. The lowest BCUT2D eigenvalue weighted by molar-refractivity contribution is -0.154. The van der Waals surface area contributed by atoms with Gasteiger partial charge in [-0.25, -0.2) is 4.79 Å². The van der Waals surface area contributed by atoms with Gasteiger partial charge in [-0.1, -0.05) is 24.3 Å². The number of fused-ring (bicyclic) bond motifs is 2. The number of imidazole rings is 1. The van der Waals surface area contributed by atoms with Crippen LogP contribution in [0.15, 0.2) is 53.3 Å². The molecule has 0 fully saturated rings. The van der Waals surface area contributed by atoms with Gasteiger partial charge in [-0.2, -0.15) is 0 Å². The van der Waals surface area contributed by atoms with E-state index in [9.17, 15) is 19.2 Å². The number of aryl methyl sites for hydroxylation is 2. The fourth-order valence-electron chi connectivity index (χ4n) is 4.33. The summed E-state index contributed by atoms with van der Waals surface area (Å²) in [5, 5.41) is 2.80. The third kappa shape index (κ3) is 3.87. The number of esters is 1. The largest absolute Gasteiger partial charge is 0.452 e. The first-order valence-electron chi connectivity index (χ1n) is 11.3. The first-order chi connectivity index (χ1) is 16.2. The van der Waals surface area contributed by atoms with Crippen molar-refractivity contribution in [2.75, 3.05) is 10.2 Å². The number of aromatic nitrogens is 2. The average Bonchev–Trinajstić information content (AvgIpc) is 3.08. The zero-order valence-corrected chi connectivity index (χ0v) is 19.7. The molecule has 34 heavy (non-hydrogen) atoms. The number of hydrogen-bond donors (Lipinski definition) is 1. The first-order valence-corrected chi connectivity index (χ1v) is 11.3. The number of carbonyl (C=O) groups excluding carboxylic acids is 3. The minimum atomic E-state index is -1.17. The van der Waals surface area contributed by atoms with E-state index in [1.54, 1.807) is 47.2 Å². The third-order valence-electron chi connectivity index (χ3n) is 6.17. The summed E-state index contributed by atoms with van der Waals surface area (Å²) in [5.41, 5.74) is 1.24. The fourth-order valence-corrected chi connectivity index (χ4v) is 4.33. The van der Waals surface area contributed by atoms with Crippen molar-refractivity contribution in [2.24, 2.45) is 0 Å². The van der Waals surface area contributed by atoms with E-state index in [1.165, 1.54) is 11.8 Å². The molecule has 9 heteroatoms. The molecule has 1 aromatic heterocycles. The predicted molar refractivity (Wildman–Crippen MR) is 129 cm³/mol. The molecule has 2 aromatic carbocycles. The monoisotopic (exact) mass is 464 g/mol. The van der Waals surface area contributed by atoms with Gasteiger partial charge in [0.25, 0.3) is 5.91 Å². The van der Waals surface area contributed by atoms with Gasteiger partial charge in [0.05, 0.1) is 28.8 Å². The van der Waals surface area contributed by atoms with E-state index in [2.05, 4.69) is 5.32 Å². The van der Waals surface area contributed by atoms with Gasteiger partial charge in [0.1, 0.15) is 5.54 Å². The number of carbonyl (C=O) groups is 3. The number of nitrogens with zero attached hydrogens (tertiary/aromatic N) is 3. The quantitative estimate of drug-likeness (QED) is 0.565. The van der Waals surface area contributed by atoms with Gasteiger partial charge in [-0.05, 0) is 52.0 Å². The molecule has 0 spiro atoms. The SMILES string of the molecule is CCn1c(=O)n(CCC(=O)O[C@H](C)C(=O)N2c3ccccc3NC(=O)C2(C)C)c2ccccc21. The van der Waals surface area contributed by atoms with E-state index in [0.29, 0.717) is 17.9 Å². The summed E-state index contributed by atoms with van der Waals surface area (Å²) in [6, 6.07) is 14.4. The van der Waals surface area contributed by atoms with Crippen LogP contribution >= 0.6 is 0 Å². The molecule has 1 aliphatic heterocycles. The Hall–Kier alpha value is -3.88. The van der Waals surface area contributed by atoms with Crippen molar-refractivity contribution >= 4 is 40.2 Å². The lowest BCUT2D eigenvalue weighted by Gasteiger charge is -2.42. The maximum atomic E-state index is 13.3. The molecule has 0 unspecified atom stereocenters. The van der Waals surface area contributed by atoms with Gasteiger partial charge in [0.2, 0.25) is 5.91 Å². The lowest BCUT2D eigenvalue weighted by atomic mass is 9.95. The number of benzene rings is 2. The number of hydrogen-bond acceptors (Lipinski definition) is 5. The first kappa shape index (κ1) is 23.3. The molecule has 0 saturated carbocycles. The molecule has 1 N–H and O–H groups in total. The van der Waals surface area contributed by atoms with Gasteiger partial charge in [-0.15, -0.1) is 0 Å². The van der Waals surface area contributed by atoms with E-state index in [0.717, 1.165) is 11.0 Å². The smallest absolute Gasteiger partial charge is 0.329 e. The van der Waals surface area contributed by atoms with Crippen LogP contribution in [-0.2, 0) is 32.2 Å². The van der Waals surface area contributed by atoms with Gasteiger partial charge >= 0.3 is 11.7 Å². The minimum Gasteiger partial charge on any atom is -0.452 e. The topological polar surface area (TPSA) is 103 Å². The Bertz CT molecular complexity index is 1340. The molecule has 0 saturated heterocycles. The van der Waals surface area contributed by atoms with Crippen LogP contribution in [0.25, 0.3) is 11.0 Å². The lowest BCUT2D eigenvalue weighted by Crippen LogP contribution is -2.60. The standard InChI is InChI=1S/C25H28N4O5/c1-5-27-19-12-8-9-13-20(19)28(24(27)33)15-14-21(30)34-16(2)22(31)29-18-11-7-6-10-17(18)26-23(32)25(29,3)4/h6-13,16H,5,14-15H2,1-4H3,(H,26,32)/t16-/m1/s1. The normalized spacial score (nSPS) is 15.5. The third-order valence-corrected chi connectivity index (χ3v) is 6.17. The van der Waals surface area contributed by atoms with Crippen LogP contribution in [-0.4, -0.2) is 38.6 Å². The molecule has 9 nitrogen and oxygen atoms in total. The Kier molecular flexibility index (Phi) is 6.03. The Morgan fingerprint density at radius 3 is 2.29 bits per heavy atom. The molecule has 4 rings (SSSR count). The summed E-state index contributed by atoms with van der Waals surface area (Å²) in [7, 11) is 0. The maximum Gasteiger partial charge on any atom is 0.329 e. The van der Waals surface area contributed by atoms with Crippen molar-refractivity contribution < 1.29 is 19.1 Å². The van der Waals surface area contributed by atoms with Crippen LogP contribution in [0.3, 0.4) is 0 Å². The van der Waals surface area contributed by atoms with Crippen LogP contribution in [0.1, 0.15) is 34.1 Å². The number of ether oxygens (including phenoxy) is 1. The minimum absolute atomic E-state index is 0.0737. The van der Waals surface area contributed by atoms with Crippen LogP contribution in [0, 0.1) is 0 Å². The zero-order valence-electron chi connectivity index (χ0n) is 19.7. The number of anilines is 2. The molecule has 1 atom stereocenters. The molecule has 0 bridgehead atoms. The summed E-state index contributed by atoms with van der Waals surface area (Å²) in [5.74, 6) is -1.43. The number of rotatable bonds is 6. The van der Waals surface area contributed by atoms with Crippen molar-refractivity contribution in [1.82, 2.24) is 9.13 Å². The predicted octanol–water partition coefficient (Wildman–Crippen LogP) is 2.91. The second kappa shape index (κ2) is 8.81. The number of para-hydroxylation sites is 4. The van der Waals surface area contributed by atoms with Crippen LogP contribution in [0.5, 0.6) is 0 Å². The fraction of sp³-hybridized carbons (Fsp3) is 0.360. The molecule has 2 heterocycles. The molecule has 0 radical (unpaired) electrons. The average molecular weight is 465 g/mol. The second-order valence-corrected chi connectivity index (χ2v) is 8.75. The van der Waals surface area contributed by atoms with Gasteiger partial charge in [0, 0.05) is 13.1 Å². The highest BCUT2D eigenvalue weighted by molar-refractivity contribution is 6.15. The van der Waals surface area contributed by atoms with Gasteiger partial charge < -0.3 is 10.1 Å². The number of nitrogens with one attached hydrogen (secondary N) is 1. The highest BCUT2D eigenvalue weighted by Gasteiger charge is 2.45. The summed E-state index contributed by atoms with van der Waals surface area (Å²) in [6.45, 7) is 7.30. The highest BCUT2D eigenvalue weighted by atomic mass is 16.5. The van der Waals surface area contributed by atoms with Crippen molar-refractivity contribution in [1.29, 1.82) is 0 Å². The van der Waals surface area contributed by atoms with E-state index in [-0.39, 0.29) is 24.6 Å². The Labute approximate surface area is 196 Å². The molecule has 178 valence electrons. The Balaban J connectivity index is 1.49. The highest BCUT2D eigenvalue weighted by Crippen LogP contribution is 2.37. The Morgan fingerprint density at radius 2 is 1.62 bits per heavy atom. The zero-order chi connectivity index (χ0) is 24.6. The Morgan fingerprint density at radius 1 is 1.00 bits per heavy atom. The van der Waals surface area contributed by atoms with E-state index >= 15 is 0 Å².